The SMILES string of the molecule is CCC[C@H](NC(=O)[C@@H]1C[C@@H](Oc2nccc3cc(OCC)ccc23)CN1C(=O)OC(C)(C)C)C(O)C(=O)NC1CC1. The van der Waals surface area contributed by atoms with E-state index in [0.717, 1.165) is 29.4 Å². The van der Waals surface area contributed by atoms with E-state index in [9.17, 15) is 19.5 Å². The molecule has 4 atom stereocenters. The number of amides is 3. The van der Waals surface area contributed by atoms with Crippen LogP contribution in [0.5, 0.6) is 11.6 Å². The van der Waals surface area contributed by atoms with Crippen molar-refractivity contribution >= 4 is 28.7 Å². The summed E-state index contributed by atoms with van der Waals surface area (Å²) in [4.78, 5) is 45.1. The van der Waals surface area contributed by atoms with Crippen LogP contribution in [0.3, 0.4) is 0 Å². The molecule has 0 spiro atoms. The molecule has 11 nitrogen and oxygen atoms in total. The minimum absolute atomic E-state index is 0.0824. The number of likely N-dealkylation sites (tertiary alicyclic amines) is 1. The summed E-state index contributed by atoms with van der Waals surface area (Å²) in [6.07, 6.45) is 2.05. The lowest BCUT2D eigenvalue weighted by Crippen LogP contribution is -2.55. The number of pyridine rings is 1. The van der Waals surface area contributed by atoms with Gasteiger partial charge in [0.05, 0.1) is 19.2 Å². The lowest BCUT2D eigenvalue weighted by Gasteiger charge is -2.29. The highest BCUT2D eigenvalue weighted by Gasteiger charge is 2.44. The quantitative estimate of drug-likeness (QED) is 0.374. The van der Waals surface area contributed by atoms with E-state index in [4.69, 9.17) is 14.2 Å². The first-order chi connectivity index (χ1) is 19.5. The molecule has 1 aromatic heterocycles. The highest BCUT2D eigenvalue weighted by atomic mass is 16.6. The number of fused-ring (bicyclic) bond motifs is 1. The number of carbonyl (C=O) groups excluding carboxylic acids is 3. The zero-order valence-corrected chi connectivity index (χ0v) is 24.5. The highest BCUT2D eigenvalue weighted by Crippen LogP contribution is 2.31. The van der Waals surface area contributed by atoms with Gasteiger partial charge < -0.3 is 30.0 Å². The van der Waals surface area contributed by atoms with E-state index in [-0.39, 0.29) is 19.0 Å². The zero-order valence-electron chi connectivity index (χ0n) is 24.5. The Bertz CT molecular complexity index is 1240. The summed E-state index contributed by atoms with van der Waals surface area (Å²) < 4.78 is 17.5. The van der Waals surface area contributed by atoms with E-state index < -0.39 is 47.8 Å². The smallest absolute Gasteiger partial charge is 0.411 e. The van der Waals surface area contributed by atoms with E-state index in [1.807, 2.05) is 38.1 Å². The third-order valence-electron chi connectivity index (χ3n) is 6.98. The Morgan fingerprint density at radius 3 is 2.59 bits per heavy atom. The number of hydrogen-bond donors (Lipinski definition) is 3. The minimum atomic E-state index is -1.40. The van der Waals surface area contributed by atoms with Gasteiger partial charge in [-0.15, -0.1) is 0 Å². The van der Waals surface area contributed by atoms with Crippen molar-refractivity contribution in [3.05, 3.63) is 30.5 Å². The molecule has 3 N–H and O–H groups in total. The third-order valence-corrected chi connectivity index (χ3v) is 6.98. The summed E-state index contributed by atoms with van der Waals surface area (Å²) in [5.74, 6) is 0.139. The van der Waals surface area contributed by atoms with Gasteiger partial charge in [-0.1, -0.05) is 13.3 Å². The second-order valence-corrected chi connectivity index (χ2v) is 11.7. The fraction of sp³-hybridized carbons (Fsp3) is 0.600. The summed E-state index contributed by atoms with van der Waals surface area (Å²) in [6, 6.07) is 5.84. The number of hydrogen-bond acceptors (Lipinski definition) is 8. The number of rotatable bonds is 11. The molecule has 1 aliphatic carbocycles. The van der Waals surface area contributed by atoms with Gasteiger partial charge in [0.1, 0.15) is 23.5 Å². The molecule has 1 unspecified atom stereocenters. The van der Waals surface area contributed by atoms with Crippen LogP contribution in [0.1, 0.15) is 66.7 Å². The molecule has 11 heteroatoms. The van der Waals surface area contributed by atoms with E-state index in [1.165, 1.54) is 4.90 Å². The van der Waals surface area contributed by atoms with Crippen molar-refractivity contribution in [2.75, 3.05) is 13.2 Å². The maximum atomic E-state index is 13.6. The van der Waals surface area contributed by atoms with Crippen molar-refractivity contribution in [1.29, 1.82) is 0 Å². The normalized spacial score (nSPS) is 20.3. The maximum Gasteiger partial charge on any atom is 0.411 e. The lowest BCUT2D eigenvalue weighted by atomic mass is 10.0. The van der Waals surface area contributed by atoms with Crippen LogP contribution in [0.4, 0.5) is 4.79 Å². The average Bonchev–Trinajstić information content (AvgIpc) is 3.62. The van der Waals surface area contributed by atoms with Crippen LogP contribution in [-0.2, 0) is 14.3 Å². The van der Waals surface area contributed by atoms with Crippen molar-refractivity contribution in [2.45, 2.75) is 103 Å². The molecule has 2 heterocycles. The number of nitrogens with one attached hydrogen (secondary N) is 2. The van der Waals surface area contributed by atoms with Crippen LogP contribution in [0, 0.1) is 0 Å². The molecule has 41 heavy (non-hydrogen) atoms. The summed E-state index contributed by atoms with van der Waals surface area (Å²) >= 11 is 0. The largest absolute Gasteiger partial charge is 0.494 e. The van der Waals surface area contributed by atoms with E-state index in [0.29, 0.717) is 25.3 Å². The summed E-state index contributed by atoms with van der Waals surface area (Å²) in [5.41, 5.74) is -0.769. The lowest BCUT2D eigenvalue weighted by molar-refractivity contribution is -0.133. The van der Waals surface area contributed by atoms with Crippen molar-refractivity contribution < 1.29 is 33.7 Å². The van der Waals surface area contributed by atoms with E-state index in [2.05, 4.69) is 15.6 Å². The topological polar surface area (TPSA) is 139 Å². The summed E-state index contributed by atoms with van der Waals surface area (Å²) in [5, 5.41) is 18.0. The fourth-order valence-electron chi connectivity index (χ4n) is 4.89. The van der Waals surface area contributed by atoms with Crippen LogP contribution in [0.2, 0.25) is 0 Å². The van der Waals surface area contributed by atoms with Crippen molar-refractivity contribution in [3.8, 4) is 11.6 Å². The predicted molar refractivity (Wildman–Crippen MR) is 153 cm³/mol. The summed E-state index contributed by atoms with van der Waals surface area (Å²) in [7, 11) is 0. The number of aliphatic hydroxyl groups excluding tert-OH is 1. The standard InChI is InChI=1S/C30H42N4O7/c1-6-8-23(25(35)27(37)32-19-9-10-19)33-26(36)24-16-21(17-34(24)29(38)41-30(3,4)5)40-28-22-12-11-20(39-7-2)15-18(22)13-14-31-28/h11-15,19,21,23-25,35H,6-10,16-17H2,1-5H3,(H,32,37)(H,33,36)/t21-,23+,24+,25?/m1/s1. The Labute approximate surface area is 240 Å². The monoisotopic (exact) mass is 570 g/mol. The van der Waals surface area contributed by atoms with Gasteiger partial charge in [0.15, 0.2) is 6.10 Å². The Morgan fingerprint density at radius 2 is 1.93 bits per heavy atom. The molecule has 0 radical (unpaired) electrons. The van der Waals surface area contributed by atoms with Gasteiger partial charge in [-0.05, 0) is 76.6 Å². The molecule has 4 rings (SSSR count). The Morgan fingerprint density at radius 1 is 1.17 bits per heavy atom. The van der Waals surface area contributed by atoms with Gasteiger partial charge in [0, 0.05) is 24.0 Å². The Hall–Kier alpha value is -3.60. The molecule has 0 bridgehead atoms. The maximum absolute atomic E-state index is 13.6. The molecule has 3 amide bonds. The second kappa shape index (κ2) is 12.9. The molecule has 2 aromatic rings. The number of ether oxygens (including phenoxy) is 3. The number of aromatic nitrogens is 1. The van der Waals surface area contributed by atoms with Crippen LogP contribution in [-0.4, -0.2) is 82.0 Å². The van der Waals surface area contributed by atoms with Gasteiger partial charge >= 0.3 is 6.09 Å². The Kier molecular flexibility index (Phi) is 9.57. The first-order valence-corrected chi connectivity index (χ1v) is 14.5. The number of benzene rings is 1. The van der Waals surface area contributed by atoms with Gasteiger partial charge in [0.25, 0.3) is 5.91 Å². The molecule has 1 aliphatic heterocycles. The van der Waals surface area contributed by atoms with E-state index >= 15 is 0 Å². The predicted octanol–water partition coefficient (Wildman–Crippen LogP) is 3.31. The first-order valence-electron chi connectivity index (χ1n) is 14.5. The fourth-order valence-corrected chi connectivity index (χ4v) is 4.89. The highest BCUT2D eigenvalue weighted by molar-refractivity contribution is 5.89. The molecule has 1 saturated carbocycles. The van der Waals surface area contributed by atoms with Crippen LogP contribution >= 0.6 is 0 Å². The van der Waals surface area contributed by atoms with Crippen molar-refractivity contribution in [3.63, 3.8) is 0 Å². The van der Waals surface area contributed by atoms with E-state index in [1.54, 1.807) is 27.0 Å². The Balaban J connectivity index is 1.52. The number of aliphatic hydroxyl groups is 1. The van der Waals surface area contributed by atoms with Gasteiger partial charge in [-0.25, -0.2) is 9.78 Å². The molecular weight excluding hydrogens is 528 g/mol. The first kappa shape index (κ1) is 30.4. The molecule has 2 aliphatic rings. The zero-order chi connectivity index (χ0) is 29.7. The molecule has 224 valence electrons. The molecule has 1 aromatic carbocycles. The average molecular weight is 571 g/mol. The second-order valence-electron chi connectivity index (χ2n) is 11.7. The third kappa shape index (κ3) is 8.00. The van der Waals surface area contributed by atoms with Gasteiger partial charge in [-0.3, -0.25) is 14.5 Å². The molecular formula is C30H42N4O7. The van der Waals surface area contributed by atoms with Gasteiger partial charge in [-0.2, -0.15) is 0 Å². The number of nitrogens with zero attached hydrogens (tertiary/aromatic N) is 2. The van der Waals surface area contributed by atoms with Gasteiger partial charge in [0.2, 0.25) is 11.8 Å². The van der Waals surface area contributed by atoms with Crippen LogP contribution in [0.15, 0.2) is 30.5 Å². The van der Waals surface area contributed by atoms with Crippen LogP contribution in [0.25, 0.3) is 10.8 Å². The molecule has 2 fully saturated rings. The van der Waals surface area contributed by atoms with Crippen molar-refractivity contribution in [2.24, 2.45) is 0 Å². The van der Waals surface area contributed by atoms with Crippen molar-refractivity contribution in [1.82, 2.24) is 20.5 Å². The minimum Gasteiger partial charge on any atom is -0.494 e. The number of carbonyl (C=O) groups is 3. The molecule has 1 saturated heterocycles. The van der Waals surface area contributed by atoms with Crippen LogP contribution < -0.4 is 20.1 Å². The summed E-state index contributed by atoms with van der Waals surface area (Å²) in [6.45, 7) is 9.75.